The lowest BCUT2D eigenvalue weighted by molar-refractivity contribution is 0.0346. The van der Waals surface area contributed by atoms with Crippen molar-refractivity contribution in [1.82, 2.24) is 29.0 Å². The molecule has 9 heteroatoms. The molecule has 0 amide bonds. The first kappa shape index (κ1) is 24.4. The van der Waals surface area contributed by atoms with Crippen LogP contribution in [0.3, 0.4) is 0 Å². The molecule has 2 N–H and O–H groups in total. The lowest BCUT2D eigenvalue weighted by atomic mass is 10.1. The highest BCUT2D eigenvalue weighted by Crippen LogP contribution is 2.38. The topological polar surface area (TPSA) is 86.5 Å². The minimum atomic E-state index is -0.0369. The van der Waals surface area contributed by atoms with E-state index in [9.17, 15) is 0 Å². The van der Waals surface area contributed by atoms with Crippen LogP contribution in [0.5, 0.6) is 0 Å². The van der Waals surface area contributed by atoms with Gasteiger partial charge in [-0.2, -0.15) is 5.10 Å². The van der Waals surface area contributed by atoms with Crippen molar-refractivity contribution in [2.75, 3.05) is 32.0 Å². The Hall–Kier alpha value is -3.27. The summed E-state index contributed by atoms with van der Waals surface area (Å²) in [6.07, 6.45) is 3.64. The average Bonchev–Trinajstić information content (AvgIpc) is 3.61. The van der Waals surface area contributed by atoms with E-state index >= 15 is 0 Å². The van der Waals surface area contributed by atoms with Gasteiger partial charge in [0.1, 0.15) is 12.1 Å². The Labute approximate surface area is 215 Å². The van der Waals surface area contributed by atoms with Crippen LogP contribution < -0.4 is 5.73 Å². The van der Waals surface area contributed by atoms with Gasteiger partial charge in [0.25, 0.3) is 0 Å². The fraction of sp³-hybridized carbons (Fsp3) is 0.370. The number of thiophene rings is 1. The molecule has 6 rings (SSSR count). The Morgan fingerprint density at radius 3 is 2.72 bits per heavy atom. The van der Waals surface area contributed by atoms with Gasteiger partial charge >= 0.3 is 0 Å². The number of nitrogens with zero attached hydrogens (tertiary/aromatic N) is 6. The Kier molecular flexibility index (Phi) is 7.04. The third-order valence-corrected chi connectivity index (χ3v) is 7.67. The number of hydrogen-bond acceptors (Lipinski definition) is 7. The first-order valence-corrected chi connectivity index (χ1v) is 13.4. The summed E-state index contributed by atoms with van der Waals surface area (Å²) in [6, 6.07) is 13.0. The van der Waals surface area contributed by atoms with Gasteiger partial charge in [-0.15, -0.1) is 11.3 Å². The van der Waals surface area contributed by atoms with E-state index in [1.807, 2.05) is 36.8 Å². The minimum Gasteiger partial charge on any atom is -0.383 e. The molecule has 6 heterocycles. The molecule has 1 saturated heterocycles. The zero-order chi connectivity index (χ0) is 25.2. The van der Waals surface area contributed by atoms with Gasteiger partial charge in [-0.3, -0.25) is 4.90 Å². The summed E-state index contributed by atoms with van der Waals surface area (Å²) >= 11 is 1.86. The summed E-state index contributed by atoms with van der Waals surface area (Å²) in [4.78, 5) is 13.8. The van der Waals surface area contributed by atoms with Crippen LogP contribution in [0.2, 0.25) is 0 Å². The summed E-state index contributed by atoms with van der Waals surface area (Å²) in [5.74, 6) is 0.467. The third kappa shape index (κ3) is 4.38. The maximum Gasteiger partial charge on any atom is 0.164 e. The number of nitrogen functional groups attached to an aromatic ring is 1. The average molecular weight is 504 g/mol. The maximum atomic E-state index is 6.15. The minimum absolute atomic E-state index is 0.0369. The molecule has 8 nitrogen and oxygen atoms in total. The number of ether oxygens (including phenoxy) is 1. The monoisotopic (exact) mass is 503 g/mol. The van der Waals surface area contributed by atoms with Crippen LogP contribution in [0.1, 0.15) is 42.9 Å². The van der Waals surface area contributed by atoms with E-state index in [1.165, 1.54) is 27.3 Å². The lowest BCUT2D eigenvalue weighted by Crippen LogP contribution is -2.35. The molecule has 188 valence electrons. The largest absolute Gasteiger partial charge is 0.383 e. The second-order valence-corrected chi connectivity index (χ2v) is 9.93. The summed E-state index contributed by atoms with van der Waals surface area (Å²) in [7, 11) is 0. The number of fused-ring (bicyclic) bond motifs is 2. The van der Waals surface area contributed by atoms with Crippen LogP contribution in [-0.4, -0.2) is 55.4 Å². The summed E-state index contributed by atoms with van der Waals surface area (Å²) in [5, 5.41) is 5.65. The van der Waals surface area contributed by atoms with Gasteiger partial charge in [0, 0.05) is 41.8 Å². The van der Waals surface area contributed by atoms with Crippen LogP contribution in [-0.2, 0) is 11.3 Å². The van der Waals surface area contributed by atoms with Gasteiger partial charge in [0.05, 0.1) is 40.9 Å². The molecule has 1 unspecified atom stereocenters. The number of pyridine rings is 1. The van der Waals surface area contributed by atoms with E-state index in [1.54, 1.807) is 0 Å². The van der Waals surface area contributed by atoms with Crippen molar-refractivity contribution in [1.29, 1.82) is 0 Å². The highest BCUT2D eigenvalue weighted by atomic mass is 32.1. The highest BCUT2D eigenvalue weighted by Gasteiger charge is 2.24. The molecule has 0 radical (unpaired) electrons. The normalized spacial score (nSPS) is 15.2. The van der Waals surface area contributed by atoms with Crippen molar-refractivity contribution in [2.45, 2.75) is 40.3 Å². The Bertz CT molecular complexity index is 1480. The molecule has 0 bridgehead atoms. The van der Waals surface area contributed by atoms with Gasteiger partial charge in [-0.25, -0.2) is 14.6 Å². The molecule has 0 aromatic carbocycles. The van der Waals surface area contributed by atoms with Gasteiger partial charge in [0.15, 0.2) is 5.65 Å². The van der Waals surface area contributed by atoms with Crippen LogP contribution in [0.4, 0.5) is 5.82 Å². The van der Waals surface area contributed by atoms with E-state index in [0.717, 1.165) is 55.1 Å². The number of anilines is 1. The highest BCUT2D eigenvalue weighted by molar-refractivity contribution is 7.15. The smallest absolute Gasteiger partial charge is 0.164 e. The molecule has 0 spiro atoms. The molecule has 0 saturated carbocycles. The number of nitrogens with two attached hydrogens (primary N) is 1. The summed E-state index contributed by atoms with van der Waals surface area (Å²) in [5.41, 5.74) is 11.3. The van der Waals surface area contributed by atoms with Crippen LogP contribution >= 0.6 is 11.3 Å². The Balaban J connectivity index is 0.00000130. The second-order valence-electron chi connectivity index (χ2n) is 8.76. The van der Waals surface area contributed by atoms with Gasteiger partial charge in [0.2, 0.25) is 0 Å². The van der Waals surface area contributed by atoms with Crippen LogP contribution in [0.25, 0.3) is 27.1 Å². The standard InChI is InChI=1S/C25H27N7OS.C2H6/c1-16-22-24(26)27-15-28-25(22)32(29-16)17(2)20-13-18-5-3-4-8-31(18)23(20)21-7-6-19(34-21)14-30-9-11-33-12-10-30;1-2/h3-8,13,15,17H,9-12,14H2,1-2H3,(H2,26,27,28);1-2H3. The molecule has 1 fully saturated rings. The molecular weight excluding hydrogens is 470 g/mol. The molecule has 5 aromatic rings. The molecule has 0 aliphatic carbocycles. The summed E-state index contributed by atoms with van der Waals surface area (Å²) < 4.78 is 9.76. The molecular formula is C27H33N7OS. The predicted octanol–water partition coefficient (Wildman–Crippen LogP) is 5.17. The fourth-order valence-corrected chi connectivity index (χ4v) is 5.98. The van der Waals surface area contributed by atoms with Crippen molar-refractivity contribution in [3.8, 4) is 10.6 Å². The van der Waals surface area contributed by atoms with Gasteiger partial charge in [-0.1, -0.05) is 19.9 Å². The van der Waals surface area contributed by atoms with E-state index < -0.39 is 0 Å². The van der Waals surface area contributed by atoms with Crippen molar-refractivity contribution in [3.05, 3.63) is 65.1 Å². The van der Waals surface area contributed by atoms with E-state index in [0.29, 0.717) is 5.82 Å². The van der Waals surface area contributed by atoms with E-state index in [-0.39, 0.29) is 6.04 Å². The fourth-order valence-electron chi connectivity index (χ4n) is 4.86. The molecule has 36 heavy (non-hydrogen) atoms. The van der Waals surface area contributed by atoms with Crippen molar-refractivity contribution < 1.29 is 4.74 Å². The summed E-state index contributed by atoms with van der Waals surface area (Å²) in [6.45, 7) is 12.7. The Morgan fingerprint density at radius 1 is 1.11 bits per heavy atom. The number of aromatic nitrogens is 5. The molecule has 5 aromatic heterocycles. The van der Waals surface area contributed by atoms with Crippen LogP contribution in [0, 0.1) is 6.92 Å². The van der Waals surface area contributed by atoms with Gasteiger partial charge < -0.3 is 14.9 Å². The van der Waals surface area contributed by atoms with Crippen molar-refractivity contribution in [2.24, 2.45) is 0 Å². The number of rotatable bonds is 5. The zero-order valence-corrected chi connectivity index (χ0v) is 22.1. The van der Waals surface area contributed by atoms with Crippen molar-refractivity contribution in [3.63, 3.8) is 0 Å². The number of morpholine rings is 1. The van der Waals surface area contributed by atoms with Gasteiger partial charge in [-0.05, 0) is 44.2 Å². The van der Waals surface area contributed by atoms with Crippen molar-refractivity contribution >= 4 is 33.7 Å². The quantitative estimate of drug-likeness (QED) is 0.356. The van der Waals surface area contributed by atoms with E-state index in [2.05, 4.69) is 68.8 Å². The van der Waals surface area contributed by atoms with E-state index in [4.69, 9.17) is 15.6 Å². The first-order chi connectivity index (χ1) is 17.6. The lowest BCUT2D eigenvalue weighted by Gasteiger charge is -2.25. The number of hydrogen-bond donors (Lipinski definition) is 1. The first-order valence-electron chi connectivity index (χ1n) is 12.5. The Morgan fingerprint density at radius 2 is 1.92 bits per heavy atom. The maximum absolute atomic E-state index is 6.15. The molecule has 1 aliphatic heterocycles. The molecule has 1 aliphatic rings. The third-order valence-electron chi connectivity index (χ3n) is 6.60. The molecule has 1 atom stereocenters. The predicted molar refractivity (Wildman–Crippen MR) is 146 cm³/mol. The SMILES string of the molecule is CC.Cc1nn(C(C)c2cc3ccccn3c2-c2ccc(CN3CCOCC3)s2)c2ncnc(N)c12. The van der Waals surface area contributed by atoms with Crippen LogP contribution in [0.15, 0.2) is 48.9 Å². The zero-order valence-electron chi connectivity index (χ0n) is 21.3. The second kappa shape index (κ2) is 10.4. The number of aryl methyl sites for hydroxylation is 1.